The van der Waals surface area contributed by atoms with Gasteiger partial charge in [0.1, 0.15) is 11.6 Å². The summed E-state index contributed by atoms with van der Waals surface area (Å²) in [6, 6.07) is 4.24. The molecule has 3 rings (SSSR count). The number of aryl methyl sites for hydroxylation is 2. The average molecular weight is 257 g/mol. The molecule has 0 unspecified atom stereocenters. The van der Waals surface area contributed by atoms with Crippen LogP contribution in [0.3, 0.4) is 0 Å². The highest BCUT2D eigenvalue weighted by Crippen LogP contribution is 2.32. The van der Waals surface area contributed by atoms with Gasteiger partial charge in [-0.3, -0.25) is 0 Å². The number of rotatable bonds is 3. The molecular weight excluding hydrogens is 238 g/mol. The fraction of sp³-hybridized carbons (Fsp3) is 0.400. The van der Waals surface area contributed by atoms with Crippen LogP contribution < -0.4 is 10.1 Å². The summed E-state index contributed by atoms with van der Waals surface area (Å²) in [6.07, 6.45) is 1.90. The van der Waals surface area contributed by atoms with E-state index in [1.54, 1.807) is 7.11 Å². The molecule has 0 spiro atoms. The van der Waals surface area contributed by atoms with Gasteiger partial charge in [-0.25, -0.2) is 4.98 Å². The maximum absolute atomic E-state index is 5.49. The largest absolute Gasteiger partial charge is 0.496 e. The molecule has 0 atom stereocenters. The van der Waals surface area contributed by atoms with E-state index in [2.05, 4.69) is 41.3 Å². The fourth-order valence-electron chi connectivity index (χ4n) is 2.33. The maximum Gasteiger partial charge on any atom is 0.128 e. The zero-order valence-electron chi connectivity index (χ0n) is 11.6. The third-order valence-electron chi connectivity index (χ3n) is 3.87. The average Bonchev–Trinajstić information content (AvgIpc) is 2.79. The van der Waals surface area contributed by atoms with Gasteiger partial charge in [-0.2, -0.15) is 0 Å². The van der Waals surface area contributed by atoms with Crippen LogP contribution in [-0.2, 0) is 0 Å². The van der Waals surface area contributed by atoms with Crippen molar-refractivity contribution in [3.8, 4) is 17.0 Å². The van der Waals surface area contributed by atoms with Gasteiger partial charge in [-0.15, -0.1) is 0 Å². The molecule has 19 heavy (non-hydrogen) atoms. The van der Waals surface area contributed by atoms with E-state index < -0.39 is 0 Å². The van der Waals surface area contributed by atoms with Crippen LogP contribution in [0, 0.1) is 13.8 Å². The van der Waals surface area contributed by atoms with Gasteiger partial charge in [0.2, 0.25) is 0 Å². The van der Waals surface area contributed by atoms with Crippen LogP contribution >= 0.6 is 0 Å². The first kappa shape index (κ1) is 12.2. The van der Waals surface area contributed by atoms with E-state index in [-0.39, 0.29) is 0 Å². The van der Waals surface area contributed by atoms with Gasteiger partial charge in [0.05, 0.1) is 19.0 Å². The number of H-pyrrole nitrogens is 1. The Bertz CT molecular complexity index is 599. The SMILES string of the molecule is COc1cc(C)c(C)cc1-c1cnc(C2CNC2)[nH]1. The number of hydrogen-bond acceptors (Lipinski definition) is 3. The zero-order chi connectivity index (χ0) is 13.4. The predicted molar refractivity (Wildman–Crippen MR) is 75.7 cm³/mol. The monoisotopic (exact) mass is 257 g/mol. The quantitative estimate of drug-likeness (QED) is 0.887. The van der Waals surface area contributed by atoms with E-state index >= 15 is 0 Å². The number of benzene rings is 1. The Kier molecular flexibility index (Phi) is 3.03. The molecule has 0 amide bonds. The molecule has 2 aromatic rings. The number of methoxy groups -OCH3 is 1. The lowest BCUT2D eigenvalue weighted by atomic mass is 10.0. The standard InChI is InChI=1S/C15H19N3O/c1-9-4-12(14(19-3)5-10(9)2)13-8-17-15(18-13)11-6-16-7-11/h4-5,8,11,16H,6-7H2,1-3H3,(H,17,18). The van der Waals surface area contributed by atoms with Crippen molar-refractivity contribution in [3.05, 3.63) is 35.3 Å². The molecule has 1 aliphatic heterocycles. The van der Waals surface area contributed by atoms with Crippen molar-refractivity contribution in [2.24, 2.45) is 0 Å². The lowest BCUT2D eigenvalue weighted by molar-refractivity contribution is 0.415. The van der Waals surface area contributed by atoms with Crippen LogP contribution in [0.15, 0.2) is 18.3 Å². The van der Waals surface area contributed by atoms with Crippen LogP contribution in [0.1, 0.15) is 22.9 Å². The first-order valence-corrected chi connectivity index (χ1v) is 6.60. The van der Waals surface area contributed by atoms with Crippen LogP contribution in [0.25, 0.3) is 11.3 Å². The Balaban J connectivity index is 2.00. The van der Waals surface area contributed by atoms with Gasteiger partial charge in [0.25, 0.3) is 0 Å². The number of hydrogen-bond donors (Lipinski definition) is 2. The minimum absolute atomic E-state index is 0.520. The second-order valence-corrected chi connectivity index (χ2v) is 5.17. The van der Waals surface area contributed by atoms with Crippen molar-refractivity contribution in [2.45, 2.75) is 19.8 Å². The minimum Gasteiger partial charge on any atom is -0.496 e. The number of imidazole rings is 1. The fourth-order valence-corrected chi connectivity index (χ4v) is 2.33. The van der Waals surface area contributed by atoms with Crippen molar-refractivity contribution >= 4 is 0 Å². The summed E-state index contributed by atoms with van der Waals surface area (Å²) in [7, 11) is 1.71. The molecule has 0 bridgehead atoms. The number of ether oxygens (including phenoxy) is 1. The second kappa shape index (κ2) is 4.70. The van der Waals surface area contributed by atoms with Crippen LogP contribution in [0.4, 0.5) is 0 Å². The summed E-state index contributed by atoms with van der Waals surface area (Å²) in [6.45, 7) is 6.24. The molecule has 1 aromatic carbocycles. The number of nitrogens with zero attached hydrogens (tertiary/aromatic N) is 1. The van der Waals surface area contributed by atoms with Crippen molar-refractivity contribution in [1.82, 2.24) is 15.3 Å². The van der Waals surface area contributed by atoms with Crippen LogP contribution in [0.5, 0.6) is 5.75 Å². The van der Waals surface area contributed by atoms with Gasteiger partial charge in [0.15, 0.2) is 0 Å². The van der Waals surface area contributed by atoms with Crippen LogP contribution in [0.2, 0.25) is 0 Å². The lowest BCUT2D eigenvalue weighted by Gasteiger charge is -2.24. The first-order valence-electron chi connectivity index (χ1n) is 6.60. The molecule has 1 aromatic heterocycles. The molecule has 4 heteroatoms. The number of aromatic amines is 1. The summed E-state index contributed by atoms with van der Waals surface area (Å²) in [5.74, 6) is 2.48. The Morgan fingerprint density at radius 1 is 1.21 bits per heavy atom. The first-order chi connectivity index (χ1) is 9.19. The molecule has 1 aliphatic rings. The molecule has 2 heterocycles. The van der Waals surface area contributed by atoms with E-state index in [0.717, 1.165) is 35.9 Å². The highest BCUT2D eigenvalue weighted by atomic mass is 16.5. The molecule has 0 saturated carbocycles. The third kappa shape index (κ3) is 2.12. The summed E-state index contributed by atoms with van der Waals surface area (Å²) < 4.78 is 5.49. The highest BCUT2D eigenvalue weighted by molar-refractivity contribution is 5.68. The highest BCUT2D eigenvalue weighted by Gasteiger charge is 2.22. The molecule has 1 fully saturated rings. The Morgan fingerprint density at radius 2 is 1.95 bits per heavy atom. The topological polar surface area (TPSA) is 49.9 Å². The third-order valence-corrected chi connectivity index (χ3v) is 3.87. The van der Waals surface area contributed by atoms with Crippen molar-refractivity contribution in [3.63, 3.8) is 0 Å². The van der Waals surface area contributed by atoms with Gasteiger partial charge in [-0.1, -0.05) is 0 Å². The summed E-state index contributed by atoms with van der Waals surface area (Å²) >= 11 is 0. The van der Waals surface area contributed by atoms with E-state index in [1.165, 1.54) is 11.1 Å². The second-order valence-electron chi connectivity index (χ2n) is 5.17. The number of aromatic nitrogens is 2. The van der Waals surface area contributed by atoms with Crippen molar-refractivity contribution in [1.29, 1.82) is 0 Å². The molecule has 1 saturated heterocycles. The smallest absolute Gasteiger partial charge is 0.128 e. The van der Waals surface area contributed by atoms with Gasteiger partial charge >= 0.3 is 0 Å². The van der Waals surface area contributed by atoms with Gasteiger partial charge in [-0.05, 0) is 37.1 Å². The summed E-state index contributed by atoms with van der Waals surface area (Å²) in [5, 5.41) is 3.26. The molecule has 100 valence electrons. The summed E-state index contributed by atoms with van der Waals surface area (Å²) in [5.41, 5.74) is 4.61. The van der Waals surface area contributed by atoms with E-state index in [9.17, 15) is 0 Å². The van der Waals surface area contributed by atoms with E-state index in [0.29, 0.717) is 5.92 Å². The Labute approximate surface area is 113 Å². The van der Waals surface area contributed by atoms with Gasteiger partial charge in [0, 0.05) is 24.6 Å². The van der Waals surface area contributed by atoms with Gasteiger partial charge < -0.3 is 15.0 Å². The normalized spacial score (nSPS) is 15.3. The predicted octanol–water partition coefficient (Wildman–Crippen LogP) is 2.39. The minimum atomic E-state index is 0.520. The molecule has 2 N–H and O–H groups in total. The van der Waals surface area contributed by atoms with Crippen molar-refractivity contribution < 1.29 is 4.74 Å². The molecule has 4 nitrogen and oxygen atoms in total. The van der Waals surface area contributed by atoms with Crippen LogP contribution in [-0.4, -0.2) is 30.2 Å². The Hall–Kier alpha value is -1.81. The summed E-state index contributed by atoms with van der Waals surface area (Å²) in [4.78, 5) is 7.91. The molecule has 0 radical (unpaired) electrons. The Morgan fingerprint density at radius 3 is 2.58 bits per heavy atom. The van der Waals surface area contributed by atoms with Crippen molar-refractivity contribution in [2.75, 3.05) is 20.2 Å². The zero-order valence-corrected chi connectivity index (χ0v) is 11.6. The molecule has 0 aliphatic carbocycles. The maximum atomic E-state index is 5.49. The van der Waals surface area contributed by atoms with E-state index in [4.69, 9.17) is 4.74 Å². The molecular formula is C15H19N3O. The number of nitrogens with one attached hydrogen (secondary N) is 2. The van der Waals surface area contributed by atoms with E-state index in [1.807, 2.05) is 6.20 Å². The lowest BCUT2D eigenvalue weighted by Crippen LogP contribution is -2.40.